The molecule has 0 aliphatic heterocycles. The molecule has 0 saturated heterocycles. The molecule has 50 valence electrons. The third-order valence-electron chi connectivity index (χ3n) is 1.43. The van der Waals surface area contributed by atoms with Crippen molar-refractivity contribution in [3.05, 3.63) is 22.4 Å². The van der Waals surface area contributed by atoms with E-state index in [-0.39, 0.29) is 0 Å². The van der Waals surface area contributed by atoms with Gasteiger partial charge in [-0.2, -0.15) is 0 Å². The monoisotopic (exact) mass is 144 g/mol. The molecule has 0 heterocycles. The summed E-state index contributed by atoms with van der Waals surface area (Å²) in [7, 11) is 0. The lowest BCUT2D eigenvalue weighted by atomic mass is 10.1. The summed E-state index contributed by atoms with van der Waals surface area (Å²) in [6, 6.07) is 0. The van der Waals surface area contributed by atoms with Crippen LogP contribution in [0.1, 0.15) is 19.8 Å². The minimum absolute atomic E-state index is 0.472. The third-order valence-corrected chi connectivity index (χ3v) is 1.73. The number of hydrogen-bond acceptors (Lipinski definition) is 1. The molecule has 1 nitrogen and oxygen atoms in total. The second-order valence-electron chi connectivity index (χ2n) is 2.22. The molecule has 0 bridgehead atoms. The molecule has 0 amide bonds. The Morgan fingerprint density at radius 3 is 2.67 bits per heavy atom. The SMILES string of the molecule is CC1=C(O)CCC(Cl)=C1. The Labute approximate surface area is 59.6 Å². The molecule has 0 atom stereocenters. The first-order valence-electron chi connectivity index (χ1n) is 2.95. The number of rotatable bonds is 0. The van der Waals surface area contributed by atoms with Gasteiger partial charge in [0.15, 0.2) is 0 Å². The molecule has 9 heavy (non-hydrogen) atoms. The Morgan fingerprint density at radius 2 is 2.22 bits per heavy atom. The van der Waals surface area contributed by atoms with Crippen LogP contribution in [0.3, 0.4) is 0 Å². The summed E-state index contributed by atoms with van der Waals surface area (Å²) < 4.78 is 0. The molecule has 0 aromatic carbocycles. The highest BCUT2D eigenvalue weighted by Crippen LogP contribution is 2.23. The largest absolute Gasteiger partial charge is 0.512 e. The van der Waals surface area contributed by atoms with Gasteiger partial charge < -0.3 is 5.11 Å². The van der Waals surface area contributed by atoms with Crippen LogP contribution in [0.25, 0.3) is 0 Å². The van der Waals surface area contributed by atoms with Gasteiger partial charge in [0, 0.05) is 11.5 Å². The maximum Gasteiger partial charge on any atom is 0.0955 e. The maximum atomic E-state index is 9.07. The predicted octanol–water partition coefficient (Wildman–Crippen LogP) is 2.73. The van der Waals surface area contributed by atoms with Crippen molar-refractivity contribution >= 4 is 11.6 Å². The molecule has 1 aliphatic rings. The molecule has 0 aromatic rings. The van der Waals surface area contributed by atoms with Crippen molar-refractivity contribution in [1.29, 1.82) is 0 Å². The fourth-order valence-electron chi connectivity index (χ4n) is 0.825. The van der Waals surface area contributed by atoms with Gasteiger partial charge >= 0.3 is 0 Å². The second-order valence-corrected chi connectivity index (χ2v) is 2.71. The molecule has 1 rings (SSSR count). The number of hydrogen-bond donors (Lipinski definition) is 1. The van der Waals surface area contributed by atoms with Crippen LogP contribution in [-0.2, 0) is 0 Å². The summed E-state index contributed by atoms with van der Waals surface area (Å²) in [5, 5.41) is 9.91. The number of halogens is 1. The molecular formula is C7H9ClO. The minimum atomic E-state index is 0.472. The maximum absolute atomic E-state index is 9.07. The van der Waals surface area contributed by atoms with E-state index in [9.17, 15) is 0 Å². The van der Waals surface area contributed by atoms with Crippen molar-refractivity contribution in [3.63, 3.8) is 0 Å². The molecule has 2 heteroatoms. The zero-order valence-corrected chi connectivity index (χ0v) is 6.07. The molecular weight excluding hydrogens is 136 g/mol. The molecule has 0 spiro atoms. The molecule has 1 aliphatic carbocycles. The number of allylic oxidation sites excluding steroid dienone is 4. The van der Waals surface area contributed by atoms with Gasteiger partial charge in [-0.1, -0.05) is 11.6 Å². The smallest absolute Gasteiger partial charge is 0.0955 e. The summed E-state index contributed by atoms with van der Waals surface area (Å²) >= 11 is 5.69. The number of aliphatic hydroxyl groups is 1. The summed E-state index contributed by atoms with van der Waals surface area (Å²) in [6.45, 7) is 1.86. The summed E-state index contributed by atoms with van der Waals surface area (Å²) in [5.74, 6) is 0.472. The summed E-state index contributed by atoms with van der Waals surface area (Å²) in [5.41, 5.74) is 0.895. The standard InChI is InChI=1S/C7H9ClO/c1-5-4-6(8)2-3-7(5)9/h4,9H,2-3H2,1H3. The van der Waals surface area contributed by atoms with E-state index < -0.39 is 0 Å². The van der Waals surface area contributed by atoms with Crippen LogP contribution in [0.5, 0.6) is 0 Å². The molecule has 0 aromatic heterocycles. The lowest BCUT2D eigenvalue weighted by molar-refractivity contribution is 0.381. The van der Waals surface area contributed by atoms with E-state index in [0.29, 0.717) is 12.2 Å². The van der Waals surface area contributed by atoms with Gasteiger partial charge in [0.2, 0.25) is 0 Å². The van der Waals surface area contributed by atoms with Gasteiger partial charge in [-0.05, 0) is 25.0 Å². The van der Waals surface area contributed by atoms with Crippen molar-refractivity contribution in [2.45, 2.75) is 19.8 Å². The van der Waals surface area contributed by atoms with Crippen LogP contribution in [0, 0.1) is 0 Å². The van der Waals surface area contributed by atoms with Gasteiger partial charge in [-0.25, -0.2) is 0 Å². The summed E-state index contributed by atoms with van der Waals surface area (Å²) in [6.07, 6.45) is 3.28. The Kier molecular flexibility index (Phi) is 1.81. The first-order chi connectivity index (χ1) is 4.20. The summed E-state index contributed by atoms with van der Waals surface area (Å²) in [4.78, 5) is 0. The van der Waals surface area contributed by atoms with Crippen LogP contribution in [0.15, 0.2) is 22.4 Å². The van der Waals surface area contributed by atoms with Crippen molar-refractivity contribution in [3.8, 4) is 0 Å². The Balaban J connectivity index is 2.83. The molecule has 0 saturated carbocycles. The van der Waals surface area contributed by atoms with E-state index in [4.69, 9.17) is 16.7 Å². The second kappa shape index (κ2) is 2.44. The molecule has 0 unspecified atom stereocenters. The highest BCUT2D eigenvalue weighted by Gasteiger charge is 2.06. The van der Waals surface area contributed by atoms with E-state index in [1.807, 2.05) is 6.92 Å². The fraction of sp³-hybridized carbons (Fsp3) is 0.429. The average Bonchev–Trinajstić information content (AvgIpc) is 1.80. The highest BCUT2D eigenvalue weighted by molar-refractivity contribution is 6.29. The van der Waals surface area contributed by atoms with Crippen LogP contribution in [-0.4, -0.2) is 5.11 Å². The van der Waals surface area contributed by atoms with Crippen LogP contribution < -0.4 is 0 Å². The van der Waals surface area contributed by atoms with Crippen molar-refractivity contribution in [2.75, 3.05) is 0 Å². The quantitative estimate of drug-likeness (QED) is 0.554. The zero-order valence-electron chi connectivity index (χ0n) is 5.32. The lowest BCUT2D eigenvalue weighted by Crippen LogP contribution is -1.92. The molecule has 1 N–H and O–H groups in total. The van der Waals surface area contributed by atoms with Gasteiger partial charge in [-0.3, -0.25) is 0 Å². The molecule has 0 fully saturated rings. The van der Waals surface area contributed by atoms with Gasteiger partial charge in [0.1, 0.15) is 0 Å². The first-order valence-corrected chi connectivity index (χ1v) is 3.33. The molecule has 0 radical (unpaired) electrons. The van der Waals surface area contributed by atoms with Gasteiger partial charge in [-0.15, -0.1) is 0 Å². The minimum Gasteiger partial charge on any atom is -0.512 e. The van der Waals surface area contributed by atoms with Gasteiger partial charge in [0.25, 0.3) is 0 Å². The normalized spacial score (nSPS) is 20.0. The van der Waals surface area contributed by atoms with Crippen LogP contribution >= 0.6 is 11.6 Å². The Morgan fingerprint density at radius 1 is 1.56 bits per heavy atom. The fourth-order valence-corrected chi connectivity index (χ4v) is 1.08. The third kappa shape index (κ3) is 1.49. The van der Waals surface area contributed by atoms with Crippen LogP contribution in [0.4, 0.5) is 0 Å². The van der Waals surface area contributed by atoms with Crippen molar-refractivity contribution in [1.82, 2.24) is 0 Å². The van der Waals surface area contributed by atoms with Crippen molar-refractivity contribution < 1.29 is 5.11 Å². The van der Waals surface area contributed by atoms with Gasteiger partial charge in [0.05, 0.1) is 5.76 Å². The average molecular weight is 145 g/mol. The van der Waals surface area contributed by atoms with E-state index in [1.54, 1.807) is 6.08 Å². The van der Waals surface area contributed by atoms with E-state index in [2.05, 4.69) is 0 Å². The van der Waals surface area contributed by atoms with E-state index >= 15 is 0 Å². The topological polar surface area (TPSA) is 20.2 Å². The van der Waals surface area contributed by atoms with Crippen LogP contribution in [0.2, 0.25) is 0 Å². The predicted molar refractivity (Wildman–Crippen MR) is 38.5 cm³/mol. The van der Waals surface area contributed by atoms with E-state index in [1.165, 1.54) is 0 Å². The van der Waals surface area contributed by atoms with Crippen molar-refractivity contribution in [2.24, 2.45) is 0 Å². The number of aliphatic hydroxyl groups excluding tert-OH is 1. The zero-order chi connectivity index (χ0) is 6.85. The Bertz CT molecular complexity index is 179. The Hall–Kier alpha value is -0.430. The van der Waals surface area contributed by atoms with E-state index in [0.717, 1.165) is 17.0 Å². The highest BCUT2D eigenvalue weighted by atomic mass is 35.5. The lowest BCUT2D eigenvalue weighted by Gasteiger charge is -2.08. The first kappa shape index (κ1) is 6.69.